The second-order valence-corrected chi connectivity index (χ2v) is 3.91. The van der Waals surface area contributed by atoms with Gasteiger partial charge in [0.1, 0.15) is 11.4 Å². The predicted octanol–water partition coefficient (Wildman–Crippen LogP) is 1.39. The lowest BCUT2D eigenvalue weighted by Crippen LogP contribution is -2.25. The molecule has 1 heterocycles. The lowest BCUT2D eigenvalue weighted by molar-refractivity contribution is 0.0898. The zero-order chi connectivity index (χ0) is 12.7. The highest BCUT2D eigenvalue weighted by Crippen LogP contribution is 2.24. The maximum absolute atomic E-state index is 12.0. The molecular weight excluding hydrogens is 220 g/mol. The molecule has 1 aliphatic rings. The third-order valence-corrected chi connectivity index (χ3v) is 2.83. The number of nitrogens with zero attached hydrogens (tertiary/aromatic N) is 2. The first kappa shape index (κ1) is 11.4. The van der Waals surface area contributed by atoms with E-state index in [0.29, 0.717) is 11.4 Å². The summed E-state index contributed by atoms with van der Waals surface area (Å²) in [6, 6.07) is 0. The summed E-state index contributed by atoms with van der Waals surface area (Å²) in [5.74, 6) is -0.623. The molecular formula is C12H12N2O3. The number of aromatic nitrogens is 2. The van der Waals surface area contributed by atoms with Crippen molar-refractivity contribution in [2.75, 3.05) is 7.11 Å². The van der Waals surface area contributed by atoms with Crippen LogP contribution in [0.3, 0.4) is 0 Å². The van der Waals surface area contributed by atoms with Gasteiger partial charge in [-0.2, -0.15) is 0 Å². The number of hydrogen-bond donors (Lipinski definition) is 0. The second kappa shape index (κ2) is 3.76. The highest BCUT2D eigenvalue weighted by atomic mass is 16.5. The summed E-state index contributed by atoms with van der Waals surface area (Å²) in [5.41, 5.74) is 1.78. The van der Waals surface area contributed by atoms with Gasteiger partial charge >= 0.3 is 0 Å². The van der Waals surface area contributed by atoms with Crippen LogP contribution in [0.1, 0.15) is 39.3 Å². The molecule has 0 N–H and O–H groups in total. The molecule has 5 heteroatoms. The minimum absolute atomic E-state index is 0.0556. The molecule has 0 spiro atoms. The van der Waals surface area contributed by atoms with Crippen molar-refractivity contribution in [3.05, 3.63) is 34.1 Å². The zero-order valence-corrected chi connectivity index (χ0v) is 10.1. The summed E-state index contributed by atoms with van der Waals surface area (Å²) >= 11 is 0. The van der Waals surface area contributed by atoms with Crippen molar-refractivity contribution in [3.8, 4) is 0 Å². The average molecular weight is 232 g/mol. The van der Waals surface area contributed by atoms with Gasteiger partial charge in [0.15, 0.2) is 5.76 Å². The van der Waals surface area contributed by atoms with Gasteiger partial charge in [0.25, 0.3) is 0 Å². The van der Waals surface area contributed by atoms with Gasteiger partial charge in [0.05, 0.1) is 18.5 Å². The number of methoxy groups -OCH3 is 1. The number of allylic oxidation sites excluding steroid dienone is 2. The Kier molecular flexibility index (Phi) is 2.53. The van der Waals surface area contributed by atoms with Crippen LogP contribution in [0, 0.1) is 13.8 Å². The number of aryl methyl sites for hydroxylation is 2. The number of Topliss-reactive ketones (excluding diaryl/α,β-unsaturated/α-hetero) is 2. The number of fused-ring (bicyclic) bond motifs is 1. The van der Waals surface area contributed by atoms with Gasteiger partial charge in [-0.25, -0.2) is 9.97 Å². The molecule has 0 unspecified atom stereocenters. The monoisotopic (exact) mass is 232 g/mol. The van der Waals surface area contributed by atoms with E-state index in [4.69, 9.17) is 4.74 Å². The van der Waals surface area contributed by atoms with Crippen LogP contribution < -0.4 is 0 Å². The van der Waals surface area contributed by atoms with E-state index in [1.807, 2.05) is 0 Å². The molecule has 0 amide bonds. The summed E-state index contributed by atoms with van der Waals surface area (Å²) < 4.78 is 4.95. The molecule has 1 aliphatic carbocycles. The van der Waals surface area contributed by atoms with Gasteiger partial charge in [-0.3, -0.25) is 9.59 Å². The lowest BCUT2D eigenvalue weighted by atomic mass is 9.96. The molecule has 2 rings (SSSR count). The first-order valence-corrected chi connectivity index (χ1v) is 5.17. The van der Waals surface area contributed by atoms with E-state index in [0.717, 1.165) is 0 Å². The molecule has 0 aromatic carbocycles. The van der Waals surface area contributed by atoms with Crippen LogP contribution in [0.4, 0.5) is 0 Å². The molecule has 1 aromatic heterocycles. The fourth-order valence-corrected chi connectivity index (χ4v) is 1.72. The van der Waals surface area contributed by atoms with Crippen LogP contribution in [0.2, 0.25) is 0 Å². The van der Waals surface area contributed by atoms with Crippen molar-refractivity contribution in [1.29, 1.82) is 0 Å². The highest BCUT2D eigenvalue weighted by molar-refractivity contribution is 6.24. The number of carbonyl (C=O) groups excluding carboxylic acids is 2. The molecule has 0 aliphatic heterocycles. The molecule has 17 heavy (non-hydrogen) atoms. The smallest absolute Gasteiger partial charge is 0.248 e. The van der Waals surface area contributed by atoms with Gasteiger partial charge in [-0.05, 0) is 20.8 Å². The molecule has 0 bridgehead atoms. The van der Waals surface area contributed by atoms with Crippen LogP contribution in [0.5, 0.6) is 0 Å². The van der Waals surface area contributed by atoms with Crippen LogP contribution in [0.15, 0.2) is 11.3 Å². The van der Waals surface area contributed by atoms with E-state index in [1.165, 1.54) is 7.11 Å². The van der Waals surface area contributed by atoms with E-state index < -0.39 is 0 Å². The molecule has 5 nitrogen and oxygen atoms in total. The van der Waals surface area contributed by atoms with Crippen molar-refractivity contribution in [1.82, 2.24) is 9.97 Å². The van der Waals surface area contributed by atoms with Crippen LogP contribution in [-0.4, -0.2) is 28.6 Å². The minimum atomic E-state index is -0.379. The maximum atomic E-state index is 12.0. The topological polar surface area (TPSA) is 69.2 Å². The van der Waals surface area contributed by atoms with Crippen molar-refractivity contribution < 1.29 is 14.3 Å². The first-order chi connectivity index (χ1) is 7.97. The number of hydrogen-bond acceptors (Lipinski definition) is 5. The molecule has 0 radical (unpaired) electrons. The number of ketones is 2. The Morgan fingerprint density at radius 1 is 0.882 bits per heavy atom. The van der Waals surface area contributed by atoms with E-state index in [9.17, 15) is 9.59 Å². The maximum Gasteiger partial charge on any atom is 0.248 e. The molecule has 0 saturated carbocycles. The fourth-order valence-electron chi connectivity index (χ4n) is 1.72. The number of carbonyl (C=O) groups is 2. The van der Waals surface area contributed by atoms with Gasteiger partial charge in [0, 0.05) is 5.57 Å². The summed E-state index contributed by atoms with van der Waals surface area (Å²) in [6.07, 6.45) is 0. The lowest BCUT2D eigenvalue weighted by Gasteiger charge is -2.17. The van der Waals surface area contributed by atoms with Crippen molar-refractivity contribution >= 4 is 11.6 Å². The average Bonchev–Trinajstić information content (AvgIpc) is 2.30. The van der Waals surface area contributed by atoms with Gasteiger partial charge in [-0.15, -0.1) is 0 Å². The Hall–Kier alpha value is -2.04. The molecule has 0 fully saturated rings. The van der Waals surface area contributed by atoms with Crippen molar-refractivity contribution in [2.24, 2.45) is 0 Å². The Morgan fingerprint density at radius 2 is 1.35 bits per heavy atom. The first-order valence-electron chi connectivity index (χ1n) is 5.17. The van der Waals surface area contributed by atoms with Gasteiger partial charge in [0.2, 0.25) is 11.6 Å². The standard InChI is InChI=1S/C12H12N2O3/c1-5-10(15)8-9(11(16)12(5)17-4)14-7(3)6(2)13-8/h1-4H3. The molecule has 0 saturated heterocycles. The summed E-state index contributed by atoms with van der Waals surface area (Å²) in [4.78, 5) is 32.3. The normalized spacial score (nSPS) is 15.1. The predicted molar refractivity (Wildman–Crippen MR) is 59.9 cm³/mol. The Morgan fingerprint density at radius 3 is 1.82 bits per heavy atom. The Balaban J connectivity index is 2.73. The SMILES string of the molecule is COC1=C(C)C(=O)c2nc(C)c(C)nc2C1=O. The van der Waals surface area contributed by atoms with Gasteiger partial charge in [-0.1, -0.05) is 0 Å². The van der Waals surface area contributed by atoms with E-state index in [2.05, 4.69) is 9.97 Å². The molecule has 1 aromatic rings. The Labute approximate surface area is 98.5 Å². The summed E-state index contributed by atoms with van der Waals surface area (Å²) in [7, 11) is 1.36. The zero-order valence-electron chi connectivity index (χ0n) is 10.1. The Bertz CT molecular complexity index is 573. The quantitative estimate of drug-likeness (QED) is 0.731. The summed E-state index contributed by atoms with van der Waals surface area (Å²) in [5, 5.41) is 0. The second-order valence-electron chi connectivity index (χ2n) is 3.91. The van der Waals surface area contributed by atoms with Crippen molar-refractivity contribution in [2.45, 2.75) is 20.8 Å². The summed E-state index contributed by atoms with van der Waals surface area (Å²) in [6.45, 7) is 5.06. The third kappa shape index (κ3) is 1.54. The molecule has 0 atom stereocenters. The number of ether oxygens (including phenoxy) is 1. The van der Waals surface area contributed by atoms with E-state index in [1.54, 1.807) is 20.8 Å². The van der Waals surface area contributed by atoms with Gasteiger partial charge < -0.3 is 4.74 Å². The number of rotatable bonds is 1. The van der Waals surface area contributed by atoms with E-state index in [-0.39, 0.29) is 34.3 Å². The minimum Gasteiger partial charge on any atom is -0.492 e. The van der Waals surface area contributed by atoms with Crippen molar-refractivity contribution in [3.63, 3.8) is 0 Å². The van der Waals surface area contributed by atoms with Crippen LogP contribution >= 0.6 is 0 Å². The van der Waals surface area contributed by atoms with Crippen LogP contribution in [0.25, 0.3) is 0 Å². The molecule has 88 valence electrons. The highest BCUT2D eigenvalue weighted by Gasteiger charge is 2.33. The third-order valence-electron chi connectivity index (χ3n) is 2.83. The van der Waals surface area contributed by atoms with Crippen LogP contribution in [-0.2, 0) is 4.74 Å². The fraction of sp³-hybridized carbons (Fsp3) is 0.333. The van der Waals surface area contributed by atoms with E-state index >= 15 is 0 Å². The largest absolute Gasteiger partial charge is 0.492 e.